The molecule has 0 spiro atoms. The van der Waals surface area contributed by atoms with Crippen LogP contribution in [0.3, 0.4) is 0 Å². The first-order chi connectivity index (χ1) is 14.5. The standard InChI is InChI=1S/C23H20F3N3O/c24-23(25,26)19-5-9-21(10-6-19)28-27-20-7-1-17(2-8-20)18-3-11-22(12-4-18)29-13-15-30-16-14-29/h1-12H,13-16H2. The van der Waals surface area contributed by atoms with E-state index in [4.69, 9.17) is 4.74 Å². The van der Waals surface area contributed by atoms with E-state index in [1.54, 1.807) is 0 Å². The first-order valence-corrected chi connectivity index (χ1v) is 9.61. The van der Waals surface area contributed by atoms with Gasteiger partial charge in [-0.05, 0) is 59.7 Å². The molecule has 0 unspecified atom stereocenters. The summed E-state index contributed by atoms with van der Waals surface area (Å²) >= 11 is 0. The maximum atomic E-state index is 12.6. The highest BCUT2D eigenvalue weighted by molar-refractivity contribution is 5.68. The summed E-state index contributed by atoms with van der Waals surface area (Å²) in [7, 11) is 0. The predicted octanol–water partition coefficient (Wildman–Crippen LogP) is 6.62. The smallest absolute Gasteiger partial charge is 0.378 e. The normalized spacial score (nSPS) is 15.0. The van der Waals surface area contributed by atoms with Gasteiger partial charge in [0.05, 0.1) is 30.2 Å². The maximum absolute atomic E-state index is 12.6. The van der Waals surface area contributed by atoms with Gasteiger partial charge in [-0.1, -0.05) is 24.3 Å². The molecule has 3 aromatic carbocycles. The van der Waals surface area contributed by atoms with Crippen LogP contribution in [0.1, 0.15) is 5.56 Å². The number of hydrogen-bond donors (Lipinski definition) is 0. The predicted molar refractivity (Wildman–Crippen MR) is 111 cm³/mol. The van der Waals surface area contributed by atoms with Gasteiger partial charge < -0.3 is 9.64 Å². The van der Waals surface area contributed by atoms with Gasteiger partial charge in [-0.3, -0.25) is 0 Å². The summed E-state index contributed by atoms with van der Waals surface area (Å²) in [6.45, 7) is 3.31. The van der Waals surface area contributed by atoms with Crippen LogP contribution in [0.2, 0.25) is 0 Å². The van der Waals surface area contributed by atoms with E-state index in [9.17, 15) is 13.2 Å². The summed E-state index contributed by atoms with van der Waals surface area (Å²) < 4.78 is 43.2. The van der Waals surface area contributed by atoms with E-state index in [2.05, 4.69) is 39.4 Å². The number of hydrogen-bond acceptors (Lipinski definition) is 4. The number of rotatable bonds is 4. The largest absolute Gasteiger partial charge is 0.416 e. The lowest BCUT2D eigenvalue weighted by Gasteiger charge is -2.28. The van der Waals surface area contributed by atoms with Crippen LogP contribution in [0.15, 0.2) is 83.0 Å². The Morgan fingerprint density at radius 2 is 1.13 bits per heavy atom. The van der Waals surface area contributed by atoms with Crippen molar-refractivity contribution < 1.29 is 17.9 Å². The Bertz CT molecular complexity index is 992. The van der Waals surface area contributed by atoms with Gasteiger partial charge in [-0.2, -0.15) is 23.4 Å². The van der Waals surface area contributed by atoms with Gasteiger partial charge in [0.15, 0.2) is 0 Å². The maximum Gasteiger partial charge on any atom is 0.416 e. The van der Waals surface area contributed by atoms with E-state index in [-0.39, 0.29) is 0 Å². The average Bonchev–Trinajstić information content (AvgIpc) is 2.78. The number of ether oxygens (including phenoxy) is 1. The molecule has 0 bridgehead atoms. The van der Waals surface area contributed by atoms with E-state index in [1.165, 1.54) is 17.8 Å². The van der Waals surface area contributed by atoms with E-state index in [0.29, 0.717) is 11.4 Å². The lowest BCUT2D eigenvalue weighted by atomic mass is 10.0. The van der Waals surface area contributed by atoms with Crippen molar-refractivity contribution in [2.24, 2.45) is 10.2 Å². The first-order valence-electron chi connectivity index (χ1n) is 9.61. The van der Waals surface area contributed by atoms with Crippen LogP contribution in [0.25, 0.3) is 11.1 Å². The molecule has 1 aliphatic rings. The molecule has 0 aliphatic carbocycles. The molecule has 0 atom stereocenters. The van der Waals surface area contributed by atoms with Gasteiger partial charge in [-0.15, -0.1) is 0 Å². The molecule has 1 heterocycles. The quantitative estimate of drug-likeness (QED) is 0.452. The van der Waals surface area contributed by atoms with Gasteiger partial charge >= 0.3 is 6.18 Å². The zero-order chi connectivity index (χ0) is 21.0. The number of benzene rings is 3. The van der Waals surface area contributed by atoms with Crippen LogP contribution in [-0.2, 0) is 10.9 Å². The Labute approximate surface area is 172 Å². The van der Waals surface area contributed by atoms with E-state index in [1.807, 2.05) is 24.3 Å². The highest BCUT2D eigenvalue weighted by Crippen LogP contribution is 2.31. The van der Waals surface area contributed by atoms with Gasteiger partial charge in [-0.25, -0.2) is 0 Å². The Balaban J connectivity index is 1.42. The summed E-state index contributed by atoms with van der Waals surface area (Å²) in [6.07, 6.45) is -4.36. The number of morpholine rings is 1. The Morgan fingerprint density at radius 3 is 1.63 bits per heavy atom. The highest BCUT2D eigenvalue weighted by atomic mass is 19.4. The minimum absolute atomic E-state index is 0.366. The SMILES string of the molecule is FC(F)(F)c1ccc(N=Nc2ccc(-c3ccc(N4CCOCC4)cc3)cc2)cc1. The number of halogens is 3. The Hall–Kier alpha value is -3.19. The fourth-order valence-corrected chi connectivity index (χ4v) is 3.24. The van der Waals surface area contributed by atoms with Crippen molar-refractivity contribution in [3.05, 3.63) is 78.4 Å². The molecule has 3 aromatic rings. The third-order valence-corrected chi connectivity index (χ3v) is 4.92. The van der Waals surface area contributed by atoms with E-state index >= 15 is 0 Å². The van der Waals surface area contributed by atoms with Crippen molar-refractivity contribution >= 4 is 17.1 Å². The molecule has 0 saturated carbocycles. The third-order valence-electron chi connectivity index (χ3n) is 4.92. The van der Waals surface area contributed by atoms with Crippen molar-refractivity contribution in [1.29, 1.82) is 0 Å². The van der Waals surface area contributed by atoms with Crippen molar-refractivity contribution in [3.63, 3.8) is 0 Å². The minimum atomic E-state index is -4.36. The van der Waals surface area contributed by atoms with Crippen LogP contribution >= 0.6 is 0 Å². The molecule has 0 amide bonds. The van der Waals surface area contributed by atoms with Crippen LogP contribution in [0, 0.1) is 0 Å². The number of nitrogens with zero attached hydrogens (tertiary/aromatic N) is 3. The molecule has 4 nitrogen and oxygen atoms in total. The van der Waals surface area contributed by atoms with Gasteiger partial charge in [0.25, 0.3) is 0 Å². The molecular weight excluding hydrogens is 391 g/mol. The second kappa shape index (κ2) is 8.67. The fraction of sp³-hybridized carbons (Fsp3) is 0.217. The second-order valence-corrected chi connectivity index (χ2v) is 6.94. The molecule has 30 heavy (non-hydrogen) atoms. The molecule has 1 saturated heterocycles. The van der Waals surface area contributed by atoms with Gasteiger partial charge in [0.1, 0.15) is 0 Å². The number of alkyl halides is 3. The van der Waals surface area contributed by atoms with Crippen molar-refractivity contribution in [2.75, 3.05) is 31.2 Å². The molecule has 0 aromatic heterocycles. The molecule has 7 heteroatoms. The molecule has 4 rings (SSSR count). The lowest BCUT2D eigenvalue weighted by molar-refractivity contribution is -0.137. The topological polar surface area (TPSA) is 37.2 Å². The van der Waals surface area contributed by atoms with Crippen LogP contribution in [-0.4, -0.2) is 26.3 Å². The zero-order valence-electron chi connectivity index (χ0n) is 16.1. The average molecular weight is 411 g/mol. The summed E-state index contributed by atoms with van der Waals surface area (Å²) in [5.41, 5.74) is 3.62. The molecule has 1 fully saturated rings. The Morgan fingerprint density at radius 1 is 0.667 bits per heavy atom. The third kappa shape index (κ3) is 4.86. The first kappa shape index (κ1) is 20.1. The Kier molecular flexibility index (Phi) is 5.81. The van der Waals surface area contributed by atoms with Crippen LogP contribution in [0.5, 0.6) is 0 Å². The number of anilines is 1. The zero-order valence-corrected chi connectivity index (χ0v) is 16.1. The lowest BCUT2D eigenvalue weighted by Crippen LogP contribution is -2.36. The summed E-state index contributed by atoms with van der Waals surface area (Å²) in [6, 6.07) is 20.6. The molecule has 154 valence electrons. The molecule has 0 N–H and O–H groups in total. The van der Waals surface area contributed by atoms with Gasteiger partial charge in [0, 0.05) is 18.8 Å². The van der Waals surface area contributed by atoms with Crippen molar-refractivity contribution in [2.45, 2.75) is 6.18 Å². The molecular formula is C23H20F3N3O. The summed E-state index contributed by atoms with van der Waals surface area (Å²) in [5, 5.41) is 8.11. The van der Waals surface area contributed by atoms with Gasteiger partial charge in [0.2, 0.25) is 0 Å². The van der Waals surface area contributed by atoms with Crippen molar-refractivity contribution in [1.82, 2.24) is 0 Å². The summed E-state index contributed by atoms with van der Waals surface area (Å²) in [4.78, 5) is 2.30. The van der Waals surface area contributed by atoms with E-state index < -0.39 is 11.7 Å². The van der Waals surface area contributed by atoms with Crippen LogP contribution in [0.4, 0.5) is 30.2 Å². The van der Waals surface area contributed by atoms with Crippen molar-refractivity contribution in [3.8, 4) is 11.1 Å². The highest BCUT2D eigenvalue weighted by Gasteiger charge is 2.29. The molecule has 0 radical (unpaired) electrons. The summed E-state index contributed by atoms with van der Waals surface area (Å²) in [5.74, 6) is 0. The monoisotopic (exact) mass is 411 g/mol. The minimum Gasteiger partial charge on any atom is -0.378 e. The van der Waals surface area contributed by atoms with E-state index in [0.717, 1.165) is 49.6 Å². The number of azo groups is 1. The fourth-order valence-electron chi connectivity index (χ4n) is 3.24. The second-order valence-electron chi connectivity index (χ2n) is 6.94. The van der Waals surface area contributed by atoms with Crippen LogP contribution < -0.4 is 4.90 Å². The molecule has 1 aliphatic heterocycles.